The van der Waals surface area contributed by atoms with Gasteiger partial charge >= 0.3 is 0 Å². The minimum Gasteiger partial charge on any atom is -0.381 e. The van der Waals surface area contributed by atoms with E-state index in [-0.39, 0.29) is 11.3 Å². The number of carbonyl (C=O) groups is 1. The van der Waals surface area contributed by atoms with Gasteiger partial charge in [-0.05, 0) is 12.8 Å². The van der Waals surface area contributed by atoms with E-state index in [1.807, 2.05) is 0 Å². The van der Waals surface area contributed by atoms with E-state index in [1.165, 1.54) is 0 Å². The monoisotopic (exact) mass is 186 g/mol. The van der Waals surface area contributed by atoms with Crippen LogP contribution in [-0.4, -0.2) is 44.7 Å². The second kappa shape index (κ2) is 4.07. The molecule has 0 radical (unpaired) electrons. The molecule has 0 aromatic heterocycles. The van der Waals surface area contributed by atoms with Crippen LogP contribution in [0.1, 0.15) is 12.8 Å². The predicted octanol–water partition coefficient (Wildman–Crippen LogP) is -0.170. The van der Waals surface area contributed by atoms with Crippen LogP contribution < -0.4 is 5.73 Å². The fraction of sp³-hybridized carbons (Fsp3) is 0.889. The Bertz CT molecular complexity index is 186. The average Bonchev–Trinajstić information content (AvgIpc) is 2.17. The van der Waals surface area contributed by atoms with Crippen molar-refractivity contribution >= 4 is 5.91 Å². The third-order valence-electron chi connectivity index (χ3n) is 2.70. The number of nitrogens with two attached hydrogens (primary N) is 1. The molecule has 2 N–H and O–H groups in total. The molecule has 1 amide bonds. The SMILES string of the molecule is CN(C)C(=O)C1(CN)CCOCC1. The molecule has 1 fully saturated rings. The molecule has 1 aliphatic heterocycles. The highest BCUT2D eigenvalue weighted by atomic mass is 16.5. The lowest BCUT2D eigenvalue weighted by atomic mass is 9.79. The maximum Gasteiger partial charge on any atom is 0.229 e. The molecule has 4 heteroatoms. The van der Waals surface area contributed by atoms with Crippen LogP contribution in [0.25, 0.3) is 0 Å². The van der Waals surface area contributed by atoms with Crippen molar-refractivity contribution in [1.29, 1.82) is 0 Å². The summed E-state index contributed by atoms with van der Waals surface area (Å²) >= 11 is 0. The second-order valence-electron chi connectivity index (χ2n) is 3.80. The van der Waals surface area contributed by atoms with Crippen molar-refractivity contribution in [2.24, 2.45) is 11.1 Å². The van der Waals surface area contributed by atoms with Crippen LogP contribution in [0.15, 0.2) is 0 Å². The van der Waals surface area contributed by atoms with Crippen molar-refractivity contribution in [3.8, 4) is 0 Å². The summed E-state index contributed by atoms with van der Waals surface area (Å²) in [6, 6.07) is 0. The topological polar surface area (TPSA) is 55.6 Å². The normalized spacial score (nSPS) is 21.2. The molecule has 0 aliphatic carbocycles. The van der Waals surface area contributed by atoms with E-state index < -0.39 is 0 Å². The van der Waals surface area contributed by atoms with Crippen molar-refractivity contribution in [2.75, 3.05) is 33.9 Å². The summed E-state index contributed by atoms with van der Waals surface area (Å²) in [6.45, 7) is 1.72. The minimum absolute atomic E-state index is 0.137. The van der Waals surface area contributed by atoms with Crippen molar-refractivity contribution in [1.82, 2.24) is 4.90 Å². The van der Waals surface area contributed by atoms with E-state index in [9.17, 15) is 4.79 Å². The second-order valence-corrected chi connectivity index (χ2v) is 3.80. The summed E-state index contributed by atoms with van der Waals surface area (Å²) in [5, 5.41) is 0. The van der Waals surface area contributed by atoms with Crippen LogP contribution in [0.4, 0.5) is 0 Å². The number of amides is 1. The number of carbonyl (C=O) groups excluding carboxylic acids is 1. The number of ether oxygens (including phenoxy) is 1. The zero-order chi connectivity index (χ0) is 9.90. The lowest BCUT2D eigenvalue weighted by Crippen LogP contribution is -2.48. The van der Waals surface area contributed by atoms with Gasteiger partial charge in [0.2, 0.25) is 5.91 Å². The first-order chi connectivity index (χ1) is 6.12. The first kappa shape index (κ1) is 10.5. The standard InChI is InChI=1S/C9H18N2O2/c1-11(2)8(12)9(7-10)3-5-13-6-4-9/h3-7,10H2,1-2H3. The summed E-state index contributed by atoms with van der Waals surface area (Å²) in [4.78, 5) is 13.5. The van der Waals surface area contributed by atoms with Gasteiger partial charge in [-0.2, -0.15) is 0 Å². The summed E-state index contributed by atoms with van der Waals surface area (Å²) in [6.07, 6.45) is 1.50. The Labute approximate surface area is 79.0 Å². The Morgan fingerprint density at radius 3 is 2.38 bits per heavy atom. The Morgan fingerprint density at radius 2 is 2.00 bits per heavy atom. The van der Waals surface area contributed by atoms with Gasteiger partial charge in [0.1, 0.15) is 0 Å². The van der Waals surface area contributed by atoms with E-state index in [1.54, 1.807) is 19.0 Å². The van der Waals surface area contributed by atoms with E-state index >= 15 is 0 Å². The summed E-state index contributed by atoms with van der Waals surface area (Å²) in [5.41, 5.74) is 5.31. The van der Waals surface area contributed by atoms with Crippen LogP contribution in [-0.2, 0) is 9.53 Å². The summed E-state index contributed by atoms with van der Waals surface area (Å²) < 4.78 is 5.23. The van der Waals surface area contributed by atoms with E-state index in [4.69, 9.17) is 10.5 Å². The van der Waals surface area contributed by atoms with Crippen LogP contribution in [0.2, 0.25) is 0 Å². The Kier molecular flexibility index (Phi) is 3.27. The molecule has 1 heterocycles. The van der Waals surface area contributed by atoms with Crippen LogP contribution in [0, 0.1) is 5.41 Å². The van der Waals surface area contributed by atoms with E-state index in [0.29, 0.717) is 19.8 Å². The molecule has 1 rings (SSSR count). The van der Waals surface area contributed by atoms with E-state index in [0.717, 1.165) is 12.8 Å². The molecule has 1 aliphatic rings. The maximum absolute atomic E-state index is 11.8. The first-order valence-electron chi connectivity index (χ1n) is 4.62. The molecule has 0 spiro atoms. The van der Waals surface area contributed by atoms with Crippen molar-refractivity contribution in [3.05, 3.63) is 0 Å². The molecule has 1 saturated heterocycles. The zero-order valence-electron chi connectivity index (χ0n) is 8.38. The Hall–Kier alpha value is -0.610. The number of hydrogen-bond donors (Lipinski definition) is 1. The van der Waals surface area contributed by atoms with E-state index in [2.05, 4.69) is 0 Å². The molecular formula is C9H18N2O2. The molecule has 76 valence electrons. The van der Waals surface area contributed by atoms with Gasteiger partial charge < -0.3 is 15.4 Å². The molecular weight excluding hydrogens is 168 g/mol. The maximum atomic E-state index is 11.8. The van der Waals surface area contributed by atoms with Gasteiger partial charge in [-0.3, -0.25) is 4.79 Å². The van der Waals surface area contributed by atoms with Gasteiger partial charge in [0, 0.05) is 33.9 Å². The quantitative estimate of drug-likeness (QED) is 0.651. The molecule has 0 aromatic carbocycles. The van der Waals surface area contributed by atoms with Crippen LogP contribution in [0.3, 0.4) is 0 Å². The first-order valence-corrected chi connectivity index (χ1v) is 4.62. The average molecular weight is 186 g/mol. The molecule has 0 atom stereocenters. The van der Waals surface area contributed by atoms with Gasteiger partial charge in [-0.25, -0.2) is 0 Å². The molecule has 0 unspecified atom stereocenters. The van der Waals surface area contributed by atoms with Gasteiger partial charge in [0.25, 0.3) is 0 Å². The molecule has 13 heavy (non-hydrogen) atoms. The van der Waals surface area contributed by atoms with Gasteiger partial charge in [-0.15, -0.1) is 0 Å². The molecule has 4 nitrogen and oxygen atoms in total. The fourth-order valence-electron chi connectivity index (χ4n) is 1.74. The molecule has 0 bridgehead atoms. The Balaban J connectivity index is 2.72. The number of nitrogens with zero attached hydrogens (tertiary/aromatic N) is 1. The van der Waals surface area contributed by atoms with Crippen molar-refractivity contribution in [2.45, 2.75) is 12.8 Å². The lowest BCUT2D eigenvalue weighted by Gasteiger charge is -2.36. The highest BCUT2D eigenvalue weighted by molar-refractivity contribution is 5.82. The third-order valence-corrected chi connectivity index (χ3v) is 2.70. The Morgan fingerprint density at radius 1 is 1.46 bits per heavy atom. The van der Waals surface area contributed by atoms with Crippen LogP contribution in [0.5, 0.6) is 0 Å². The zero-order valence-corrected chi connectivity index (χ0v) is 8.38. The van der Waals surface area contributed by atoms with Crippen LogP contribution >= 0.6 is 0 Å². The number of hydrogen-bond acceptors (Lipinski definition) is 3. The number of rotatable bonds is 2. The fourth-order valence-corrected chi connectivity index (χ4v) is 1.74. The minimum atomic E-state index is -0.359. The highest BCUT2D eigenvalue weighted by Crippen LogP contribution is 2.30. The largest absolute Gasteiger partial charge is 0.381 e. The van der Waals surface area contributed by atoms with Gasteiger partial charge in [-0.1, -0.05) is 0 Å². The molecule has 0 aromatic rings. The van der Waals surface area contributed by atoms with Crippen molar-refractivity contribution < 1.29 is 9.53 Å². The van der Waals surface area contributed by atoms with Crippen molar-refractivity contribution in [3.63, 3.8) is 0 Å². The summed E-state index contributed by atoms with van der Waals surface area (Å²) in [7, 11) is 3.55. The summed E-state index contributed by atoms with van der Waals surface area (Å²) in [5.74, 6) is 0.137. The lowest BCUT2D eigenvalue weighted by molar-refractivity contribution is -0.144. The predicted molar refractivity (Wildman–Crippen MR) is 50.2 cm³/mol. The van der Waals surface area contributed by atoms with Gasteiger partial charge in [0.05, 0.1) is 5.41 Å². The molecule has 0 saturated carbocycles. The van der Waals surface area contributed by atoms with Gasteiger partial charge in [0.15, 0.2) is 0 Å². The smallest absolute Gasteiger partial charge is 0.229 e. The highest BCUT2D eigenvalue weighted by Gasteiger charge is 2.39. The third kappa shape index (κ3) is 2.00.